The largest absolute Gasteiger partial charge is 0.375 e. The van der Waals surface area contributed by atoms with Crippen LogP contribution in [0.25, 0.3) is 0 Å². The van der Waals surface area contributed by atoms with E-state index in [4.69, 9.17) is 4.74 Å². The molecule has 1 saturated heterocycles. The van der Waals surface area contributed by atoms with E-state index < -0.39 is 0 Å². The highest BCUT2D eigenvalue weighted by atomic mass is 32.1. The van der Waals surface area contributed by atoms with Crippen molar-refractivity contribution in [2.45, 2.75) is 37.8 Å². The number of rotatable bonds is 6. The molecule has 21 heavy (non-hydrogen) atoms. The monoisotopic (exact) mass is 308 g/mol. The van der Waals surface area contributed by atoms with Crippen LogP contribution in [0.5, 0.6) is 0 Å². The van der Waals surface area contributed by atoms with E-state index in [2.05, 4.69) is 22.8 Å². The molecule has 0 spiro atoms. The van der Waals surface area contributed by atoms with Crippen LogP contribution in [0.3, 0.4) is 0 Å². The second-order valence-electron chi connectivity index (χ2n) is 6.09. The van der Waals surface area contributed by atoms with Crippen LogP contribution in [-0.2, 0) is 9.53 Å². The summed E-state index contributed by atoms with van der Waals surface area (Å²) in [6.45, 7) is 1.90. The lowest BCUT2D eigenvalue weighted by molar-refractivity contribution is -0.136. The van der Waals surface area contributed by atoms with Crippen molar-refractivity contribution in [3.8, 4) is 0 Å². The number of nitrogens with zero attached hydrogens (tertiary/aromatic N) is 1. The Morgan fingerprint density at radius 2 is 2.19 bits per heavy atom. The van der Waals surface area contributed by atoms with Crippen molar-refractivity contribution < 1.29 is 9.53 Å². The lowest BCUT2D eigenvalue weighted by Crippen LogP contribution is -2.46. The van der Waals surface area contributed by atoms with Gasteiger partial charge >= 0.3 is 0 Å². The van der Waals surface area contributed by atoms with E-state index in [1.165, 1.54) is 17.7 Å². The number of thiophene rings is 1. The van der Waals surface area contributed by atoms with Crippen molar-refractivity contribution in [3.05, 3.63) is 22.4 Å². The van der Waals surface area contributed by atoms with Crippen LogP contribution in [0.15, 0.2) is 17.5 Å². The van der Waals surface area contributed by atoms with Gasteiger partial charge in [0.05, 0.1) is 0 Å². The molecule has 116 valence electrons. The van der Waals surface area contributed by atoms with Gasteiger partial charge in [-0.1, -0.05) is 6.07 Å². The molecular weight excluding hydrogens is 284 g/mol. The third kappa shape index (κ3) is 3.84. The Kier molecular flexibility index (Phi) is 4.93. The van der Waals surface area contributed by atoms with E-state index in [9.17, 15) is 4.79 Å². The number of hydrogen-bond acceptors (Lipinski definition) is 4. The molecule has 2 fully saturated rings. The van der Waals surface area contributed by atoms with E-state index in [-0.39, 0.29) is 12.5 Å². The van der Waals surface area contributed by atoms with E-state index >= 15 is 0 Å². The molecule has 1 N–H and O–H groups in total. The maximum absolute atomic E-state index is 11.8. The fourth-order valence-electron chi connectivity index (χ4n) is 3.11. The normalized spacial score (nSPS) is 21.5. The van der Waals surface area contributed by atoms with Crippen LogP contribution >= 0.6 is 11.3 Å². The molecule has 1 atom stereocenters. The number of carbonyl (C=O) groups excluding carboxylic acids is 1. The second-order valence-corrected chi connectivity index (χ2v) is 7.06. The van der Waals surface area contributed by atoms with Gasteiger partial charge in [-0.25, -0.2) is 0 Å². The molecule has 1 amide bonds. The zero-order chi connectivity index (χ0) is 14.7. The lowest BCUT2D eigenvalue weighted by Gasteiger charge is -2.34. The summed E-state index contributed by atoms with van der Waals surface area (Å²) in [6.07, 6.45) is 4.79. The van der Waals surface area contributed by atoms with Gasteiger partial charge in [0, 0.05) is 37.2 Å². The van der Waals surface area contributed by atoms with Crippen LogP contribution in [0.2, 0.25) is 0 Å². The minimum absolute atomic E-state index is 0.118. The summed E-state index contributed by atoms with van der Waals surface area (Å²) in [5.74, 6) is 0.935. The zero-order valence-electron chi connectivity index (χ0n) is 12.6. The highest BCUT2D eigenvalue weighted by Crippen LogP contribution is 2.42. The minimum Gasteiger partial charge on any atom is -0.375 e. The van der Waals surface area contributed by atoms with Crippen molar-refractivity contribution in [1.82, 2.24) is 10.2 Å². The maximum atomic E-state index is 11.8. The predicted molar refractivity (Wildman–Crippen MR) is 84.4 cm³/mol. The van der Waals surface area contributed by atoms with E-state index in [1.54, 1.807) is 7.11 Å². The number of methoxy groups -OCH3 is 1. The number of amides is 1. The number of carbonyl (C=O) groups is 1. The highest BCUT2D eigenvalue weighted by molar-refractivity contribution is 7.10. The summed E-state index contributed by atoms with van der Waals surface area (Å²) in [5, 5.41) is 6.02. The SMILES string of the molecule is COCC(=O)N1CCC(NC(c2cccs2)C2CC2)CC1. The summed E-state index contributed by atoms with van der Waals surface area (Å²) in [6, 6.07) is 5.45. The molecule has 3 rings (SSSR count). The van der Waals surface area contributed by atoms with Gasteiger partial charge in [0.1, 0.15) is 6.61 Å². The highest BCUT2D eigenvalue weighted by Gasteiger charge is 2.35. The maximum Gasteiger partial charge on any atom is 0.248 e. The van der Waals surface area contributed by atoms with Crippen LogP contribution in [0.4, 0.5) is 0 Å². The van der Waals surface area contributed by atoms with Crippen molar-refractivity contribution in [2.75, 3.05) is 26.8 Å². The quantitative estimate of drug-likeness (QED) is 0.877. The number of ether oxygens (including phenoxy) is 1. The summed E-state index contributed by atoms with van der Waals surface area (Å²) in [4.78, 5) is 15.2. The van der Waals surface area contributed by atoms with Crippen LogP contribution < -0.4 is 5.32 Å². The molecule has 2 aliphatic rings. The molecule has 0 aromatic carbocycles. The lowest BCUT2D eigenvalue weighted by atomic mass is 10.0. The smallest absolute Gasteiger partial charge is 0.248 e. The first-order chi connectivity index (χ1) is 10.3. The molecule has 0 radical (unpaired) electrons. The Balaban J connectivity index is 1.51. The zero-order valence-corrected chi connectivity index (χ0v) is 13.4. The van der Waals surface area contributed by atoms with Gasteiger partial charge in [0.15, 0.2) is 0 Å². The second kappa shape index (κ2) is 6.90. The van der Waals surface area contributed by atoms with Crippen molar-refractivity contribution in [2.24, 2.45) is 5.92 Å². The van der Waals surface area contributed by atoms with Crippen molar-refractivity contribution in [1.29, 1.82) is 0 Å². The third-order valence-corrected chi connectivity index (χ3v) is 5.43. The first-order valence-electron chi connectivity index (χ1n) is 7.84. The molecule has 4 nitrogen and oxygen atoms in total. The number of likely N-dealkylation sites (tertiary alicyclic amines) is 1. The Hall–Kier alpha value is -0.910. The molecule has 1 aliphatic heterocycles. The minimum atomic E-state index is 0.118. The van der Waals surface area contributed by atoms with Gasteiger partial charge in [0.25, 0.3) is 0 Å². The van der Waals surface area contributed by atoms with E-state index in [0.29, 0.717) is 12.1 Å². The molecule has 1 saturated carbocycles. The average molecular weight is 308 g/mol. The summed E-state index contributed by atoms with van der Waals surface area (Å²) >= 11 is 1.86. The fraction of sp³-hybridized carbons (Fsp3) is 0.688. The molecule has 1 aromatic heterocycles. The molecule has 2 heterocycles. The third-order valence-electron chi connectivity index (χ3n) is 4.47. The Bertz CT molecular complexity index is 451. The standard InChI is InChI=1S/C16H24N2O2S/c1-20-11-15(19)18-8-6-13(7-9-18)17-16(12-4-5-12)14-3-2-10-21-14/h2-3,10,12-13,16-17H,4-9,11H2,1H3. The van der Waals surface area contributed by atoms with Crippen molar-refractivity contribution in [3.63, 3.8) is 0 Å². The van der Waals surface area contributed by atoms with Crippen LogP contribution in [-0.4, -0.2) is 43.7 Å². The Morgan fingerprint density at radius 1 is 1.43 bits per heavy atom. The number of nitrogens with one attached hydrogen (secondary N) is 1. The van der Waals surface area contributed by atoms with Gasteiger partial charge in [-0.2, -0.15) is 0 Å². The summed E-state index contributed by atoms with van der Waals surface area (Å²) < 4.78 is 4.93. The van der Waals surface area contributed by atoms with Crippen molar-refractivity contribution >= 4 is 17.2 Å². The fourth-order valence-corrected chi connectivity index (χ4v) is 3.99. The van der Waals surface area contributed by atoms with Gasteiger partial charge in [-0.3, -0.25) is 4.79 Å². The van der Waals surface area contributed by atoms with Gasteiger partial charge < -0.3 is 15.0 Å². The molecule has 1 aromatic rings. The molecule has 1 aliphatic carbocycles. The summed E-state index contributed by atoms with van der Waals surface area (Å²) in [7, 11) is 1.58. The van der Waals surface area contributed by atoms with Crippen LogP contribution in [0.1, 0.15) is 36.6 Å². The van der Waals surface area contributed by atoms with Gasteiger partial charge in [-0.05, 0) is 43.0 Å². The first kappa shape index (κ1) is 15.0. The number of hydrogen-bond donors (Lipinski definition) is 1. The van der Waals surface area contributed by atoms with Gasteiger partial charge in [-0.15, -0.1) is 11.3 Å². The van der Waals surface area contributed by atoms with Gasteiger partial charge in [0.2, 0.25) is 5.91 Å². The molecular formula is C16H24N2O2S. The molecule has 0 bridgehead atoms. The predicted octanol–water partition coefficient (Wildman–Crippen LogP) is 2.43. The Morgan fingerprint density at radius 3 is 2.76 bits per heavy atom. The first-order valence-corrected chi connectivity index (χ1v) is 8.72. The molecule has 1 unspecified atom stereocenters. The number of piperidine rings is 1. The van der Waals surface area contributed by atoms with Crippen LogP contribution in [0, 0.1) is 5.92 Å². The Labute approximate surface area is 130 Å². The topological polar surface area (TPSA) is 41.6 Å². The average Bonchev–Trinajstić information content (AvgIpc) is 3.20. The summed E-state index contributed by atoms with van der Waals surface area (Å²) in [5.41, 5.74) is 0. The molecule has 5 heteroatoms. The van der Waals surface area contributed by atoms with E-state index in [0.717, 1.165) is 31.8 Å². The van der Waals surface area contributed by atoms with E-state index in [1.807, 2.05) is 16.2 Å².